The molecule has 0 saturated carbocycles. The van der Waals surface area contributed by atoms with Gasteiger partial charge in [-0.3, -0.25) is 0 Å². The van der Waals surface area contributed by atoms with E-state index in [-0.39, 0.29) is 0 Å². The Balaban J connectivity index is 2.25. The molecule has 1 unspecified atom stereocenters. The van der Waals surface area contributed by atoms with Gasteiger partial charge in [-0.25, -0.2) is 0 Å². The third kappa shape index (κ3) is 8.14. The van der Waals surface area contributed by atoms with Crippen molar-refractivity contribution < 1.29 is 9.46 Å². The molecule has 1 rings (SSSR count). The largest absolute Gasteiger partial charge is 0.591 e. The topological polar surface area (TPSA) is 40.1 Å². The van der Waals surface area contributed by atoms with Gasteiger partial charge in [0.25, 0.3) is 0 Å². The number of hydrogen-bond acceptors (Lipinski definition) is 2. The van der Waals surface area contributed by atoms with E-state index in [4.69, 9.17) is 0 Å². The van der Waals surface area contributed by atoms with Gasteiger partial charge in [0.2, 0.25) is 0 Å². The summed E-state index contributed by atoms with van der Waals surface area (Å²) in [7, 11) is -2.51. The van der Waals surface area contributed by atoms with Crippen LogP contribution in [0.3, 0.4) is 0 Å². The fourth-order valence-corrected chi connectivity index (χ4v) is 3.06. The molecule has 1 atom stereocenters. The van der Waals surface area contributed by atoms with Crippen LogP contribution in [0.5, 0.6) is 0 Å². The number of unbranched alkanes of at least 4 members (excludes halogenated alkanes) is 8. The van der Waals surface area contributed by atoms with Gasteiger partial charge in [-0.05, 0) is 18.9 Å². The van der Waals surface area contributed by atoms with Crippen molar-refractivity contribution in [1.82, 2.24) is 0 Å². The summed E-state index contributed by atoms with van der Waals surface area (Å²) in [6, 6.07) is 9.35. The summed E-state index contributed by atoms with van der Waals surface area (Å²) in [6.45, 7) is 2.23. The zero-order valence-electron chi connectivity index (χ0n) is 13.1. The lowest BCUT2D eigenvalue weighted by atomic mass is 10.1. The first-order valence-electron chi connectivity index (χ1n) is 8.15. The van der Waals surface area contributed by atoms with Gasteiger partial charge >= 0.3 is 8.03 Å². The van der Waals surface area contributed by atoms with Crippen LogP contribution >= 0.6 is 8.03 Å². The lowest BCUT2D eigenvalue weighted by Gasteiger charge is -2.01. The predicted octanol–water partition coefficient (Wildman–Crippen LogP) is 5.66. The van der Waals surface area contributed by atoms with E-state index >= 15 is 0 Å². The van der Waals surface area contributed by atoms with Gasteiger partial charge in [-0.2, -0.15) is 0 Å². The normalized spacial score (nSPS) is 12.5. The van der Waals surface area contributed by atoms with Gasteiger partial charge in [0.05, 0.1) is 0 Å². The molecule has 0 N–H and O–H groups in total. The van der Waals surface area contributed by atoms with E-state index in [1.807, 2.05) is 36.4 Å². The molecule has 0 spiro atoms. The molecule has 21 heavy (non-hydrogen) atoms. The summed E-state index contributed by atoms with van der Waals surface area (Å²) in [5, 5.41) is 0.466. The Morgan fingerprint density at radius 3 is 2.14 bits per heavy atom. The van der Waals surface area contributed by atoms with Crippen LogP contribution in [0.1, 0.15) is 70.3 Å². The third-order valence-corrected chi connectivity index (χ3v) is 4.50. The molecule has 0 aliphatic carbocycles. The highest BCUT2D eigenvalue weighted by Gasteiger charge is 2.13. The van der Waals surface area contributed by atoms with E-state index in [0.717, 1.165) is 18.4 Å². The first-order valence-corrected chi connectivity index (χ1v) is 9.33. The number of rotatable bonds is 11. The zero-order chi connectivity index (χ0) is 15.3. The molecule has 0 heterocycles. The monoisotopic (exact) mass is 306 g/mol. The number of allylic oxidation sites excluding steroid dienone is 1. The van der Waals surface area contributed by atoms with Crippen LogP contribution in [-0.2, 0) is 4.57 Å². The van der Waals surface area contributed by atoms with Crippen molar-refractivity contribution in [2.75, 3.05) is 0 Å². The molecule has 0 aromatic heterocycles. The molecule has 0 aliphatic rings. The molecule has 0 aliphatic heterocycles. The second kappa shape index (κ2) is 11.7. The average Bonchev–Trinajstić information content (AvgIpc) is 2.50. The molecular formula is C18H27O2P. The van der Waals surface area contributed by atoms with Crippen molar-refractivity contribution in [1.29, 1.82) is 0 Å². The quantitative estimate of drug-likeness (QED) is 0.391. The van der Waals surface area contributed by atoms with Crippen LogP contribution in [0.2, 0.25) is 0 Å². The predicted molar refractivity (Wildman–Crippen MR) is 89.3 cm³/mol. The average molecular weight is 306 g/mol. The standard InChI is InChI=1S/C18H27O2P/c1-2-3-4-5-6-7-8-9-13-16-18(21(19)20)17-14-11-10-12-15-17/h10-12,14-16H,2-9,13H2,1H3. The lowest BCUT2D eigenvalue weighted by molar-refractivity contribution is -0.160. The number of benzene rings is 1. The van der Waals surface area contributed by atoms with Crippen molar-refractivity contribution in [3.63, 3.8) is 0 Å². The highest BCUT2D eigenvalue weighted by atomic mass is 31.1. The Labute approximate surface area is 130 Å². The summed E-state index contributed by atoms with van der Waals surface area (Å²) in [5.74, 6) is 0. The van der Waals surface area contributed by atoms with E-state index < -0.39 is 8.03 Å². The van der Waals surface area contributed by atoms with Gasteiger partial charge in [0, 0.05) is 5.56 Å². The van der Waals surface area contributed by atoms with Crippen LogP contribution in [0.4, 0.5) is 0 Å². The van der Waals surface area contributed by atoms with Gasteiger partial charge in [-0.1, -0.05) is 86.8 Å². The maximum absolute atomic E-state index is 11.3. The summed E-state index contributed by atoms with van der Waals surface area (Å²) in [4.78, 5) is 11.3. The van der Waals surface area contributed by atoms with Gasteiger partial charge in [0.1, 0.15) is 0 Å². The molecule has 0 radical (unpaired) electrons. The van der Waals surface area contributed by atoms with E-state index in [2.05, 4.69) is 6.92 Å². The maximum atomic E-state index is 11.3. The Kier molecular flexibility index (Phi) is 10.0. The van der Waals surface area contributed by atoms with Crippen LogP contribution in [0.25, 0.3) is 5.31 Å². The highest BCUT2D eigenvalue weighted by molar-refractivity contribution is 7.49. The first-order chi connectivity index (χ1) is 10.3. The zero-order valence-corrected chi connectivity index (χ0v) is 14.0. The van der Waals surface area contributed by atoms with Crippen molar-refractivity contribution in [2.24, 2.45) is 0 Å². The fourth-order valence-electron chi connectivity index (χ4n) is 2.42. The molecule has 0 saturated heterocycles. The molecule has 0 bridgehead atoms. The summed E-state index contributed by atoms with van der Waals surface area (Å²) >= 11 is 0. The summed E-state index contributed by atoms with van der Waals surface area (Å²) < 4.78 is 11.3. The van der Waals surface area contributed by atoms with Crippen molar-refractivity contribution in [2.45, 2.75) is 64.7 Å². The highest BCUT2D eigenvalue weighted by Crippen LogP contribution is 2.33. The van der Waals surface area contributed by atoms with E-state index in [9.17, 15) is 9.46 Å². The van der Waals surface area contributed by atoms with Crippen LogP contribution in [0, 0.1) is 0 Å². The SMILES string of the molecule is CCCCCCCCCCC=C(c1ccccc1)[P+](=O)[O-]. The minimum absolute atomic E-state index is 0.466. The summed E-state index contributed by atoms with van der Waals surface area (Å²) in [5.41, 5.74) is 0.799. The Morgan fingerprint density at radius 2 is 1.57 bits per heavy atom. The van der Waals surface area contributed by atoms with Gasteiger partial charge in [0.15, 0.2) is 5.31 Å². The molecule has 1 aromatic carbocycles. The van der Waals surface area contributed by atoms with Crippen LogP contribution in [0.15, 0.2) is 36.4 Å². The van der Waals surface area contributed by atoms with Crippen LogP contribution < -0.4 is 4.89 Å². The number of hydrogen-bond donors (Lipinski definition) is 0. The lowest BCUT2D eigenvalue weighted by Crippen LogP contribution is -1.90. The Bertz CT molecular complexity index is 426. The smallest absolute Gasteiger partial charge is 0.349 e. The van der Waals surface area contributed by atoms with Gasteiger partial charge < -0.3 is 4.89 Å². The van der Waals surface area contributed by atoms with Crippen molar-refractivity contribution in [3.8, 4) is 0 Å². The second-order valence-electron chi connectivity index (χ2n) is 5.48. The molecule has 1 aromatic rings. The van der Waals surface area contributed by atoms with E-state index in [1.165, 1.54) is 44.9 Å². The minimum atomic E-state index is -2.51. The van der Waals surface area contributed by atoms with Crippen molar-refractivity contribution >= 4 is 13.3 Å². The molecule has 0 fully saturated rings. The Hall–Kier alpha value is -0.980. The van der Waals surface area contributed by atoms with Crippen molar-refractivity contribution in [3.05, 3.63) is 42.0 Å². The van der Waals surface area contributed by atoms with E-state index in [0.29, 0.717) is 5.31 Å². The Morgan fingerprint density at radius 1 is 1.00 bits per heavy atom. The minimum Gasteiger partial charge on any atom is -0.591 e. The van der Waals surface area contributed by atoms with E-state index in [1.54, 1.807) is 0 Å². The molecule has 116 valence electrons. The second-order valence-corrected chi connectivity index (χ2v) is 6.47. The van der Waals surface area contributed by atoms with Gasteiger partial charge in [-0.15, -0.1) is 0 Å². The fraction of sp³-hybridized carbons (Fsp3) is 0.556. The third-order valence-electron chi connectivity index (χ3n) is 3.66. The molecular weight excluding hydrogens is 279 g/mol. The summed E-state index contributed by atoms with van der Waals surface area (Å²) in [6.07, 6.45) is 12.9. The molecule has 2 nitrogen and oxygen atoms in total. The molecule has 3 heteroatoms. The molecule has 0 amide bonds. The maximum Gasteiger partial charge on any atom is 0.349 e. The van der Waals surface area contributed by atoms with Crippen LogP contribution in [-0.4, -0.2) is 0 Å². The first kappa shape index (κ1) is 18.1.